The first-order valence-electron chi connectivity index (χ1n) is 12.7. The number of aliphatic carboxylic acids is 1. The number of hydrogen-bond acceptors (Lipinski definition) is 3. The molecule has 4 fully saturated rings. The fraction of sp³-hybridized carbons (Fsp3) is 0.852. The lowest BCUT2D eigenvalue weighted by Crippen LogP contribution is -2.61. The van der Waals surface area contributed by atoms with Gasteiger partial charge in [-0.2, -0.15) is 0 Å². The van der Waals surface area contributed by atoms with Gasteiger partial charge in [-0.1, -0.05) is 33.3 Å². The fourth-order valence-electron chi connectivity index (χ4n) is 9.59. The van der Waals surface area contributed by atoms with Gasteiger partial charge < -0.3 is 10.2 Å². The predicted molar refractivity (Wildman–Crippen MR) is 119 cm³/mol. The number of ketones is 1. The van der Waals surface area contributed by atoms with Crippen LogP contribution in [0.2, 0.25) is 0 Å². The van der Waals surface area contributed by atoms with Crippen LogP contribution in [-0.2, 0) is 9.59 Å². The highest BCUT2D eigenvalue weighted by atomic mass is 16.4. The molecule has 0 aromatic carbocycles. The monoisotopic (exact) mass is 428 g/mol. The number of carboxylic acid groups (broad SMARTS) is 1. The predicted octanol–water partition coefficient (Wildman–Crippen LogP) is 5.24. The van der Waals surface area contributed by atoms with E-state index < -0.39 is 5.97 Å². The van der Waals surface area contributed by atoms with Gasteiger partial charge in [0.25, 0.3) is 0 Å². The molecular weight excluding hydrogens is 388 g/mol. The highest BCUT2D eigenvalue weighted by Gasteiger charge is 2.64. The summed E-state index contributed by atoms with van der Waals surface area (Å²) in [5, 5.41) is 20.2. The molecule has 0 amide bonds. The van der Waals surface area contributed by atoms with Gasteiger partial charge >= 0.3 is 5.97 Å². The second-order valence-corrected chi connectivity index (χ2v) is 12.7. The van der Waals surface area contributed by atoms with Crippen LogP contribution < -0.4 is 0 Å². The van der Waals surface area contributed by atoms with E-state index in [4.69, 9.17) is 0 Å². The molecule has 5 aliphatic carbocycles. The van der Waals surface area contributed by atoms with E-state index in [2.05, 4.69) is 27.7 Å². The van der Waals surface area contributed by atoms with Gasteiger partial charge in [0.2, 0.25) is 0 Å². The zero-order valence-electron chi connectivity index (χ0n) is 19.7. The summed E-state index contributed by atoms with van der Waals surface area (Å²) < 4.78 is 0. The highest BCUT2D eigenvalue weighted by molar-refractivity contribution is 5.95. The Morgan fingerprint density at radius 3 is 2.35 bits per heavy atom. The second-order valence-electron chi connectivity index (χ2n) is 12.7. The summed E-state index contributed by atoms with van der Waals surface area (Å²) in [6.07, 6.45) is 10.4. The van der Waals surface area contributed by atoms with Crippen LogP contribution in [-0.4, -0.2) is 28.1 Å². The summed E-state index contributed by atoms with van der Waals surface area (Å²) in [6, 6.07) is 0. The second kappa shape index (κ2) is 6.92. The quantitative estimate of drug-likeness (QED) is 0.599. The molecule has 0 spiro atoms. The molecule has 172 valence electrons. The van der Waals surface area contributed by atoms with Crippen LogP contribution in [0.3, 0.4) is 0 Å². The van der Waals surface area contributed by atoms with Crippen molar-refractivity contribution in [2.45, 2.75) is 91.6 Å². The van der Waals surface area contributed by atoms with Crippen LogP contribution in [0.15, 0.2) is 11.6 Å². The maximum absolute atomic E-state index is 13.9. The van der Waals surface area contributed by atoms with Crippen LogP contribution >= 0.6 is 0 Å². The van der Waals surface area contributed by atoms with Crippen molar-refractivity contribution in [2.24, 2.45) is 51.8 Å². The summed E-state index contributed by atoms with van der Waals surface area (Å²) in [5.41, 5.74) is 1.37. The number of carbonyl (C=O) groups is 2. The molecule has 4 heteroatoms. The molecule has 0 saturated heterocycles. The van der Waals surface area contributed by atoms with Crippen LogP contribution in [0.5, 0.6) is 0 Å². The van der Waals surface area contributed by atoms with Crippen molar-refractivity contribution in [2.75, 3.05) is 0 Å². The van der Waals surface area contributed by atoms with E-state index in [-0.39, 0.29) is 46.0 Å². The Kier molecular flexibility index (Phi) is 4.84. The Morgan fingerprint density at radius 1 is 0.968 bits per heavy atom. The van der Waals surface area contributed by atoms with Crippen molar-refractivity contribution in [1.82, 2.24) is 0 Å². The number of carbonyl (C=O) groups excluding carboxylic acids is 1. The summed E-state index contributed by atoms with van der Waals surface area (Å²) in [5.74, 6) is 0.697. The zero-order valence-corrected chi connectivity index (χ0v) is 19.7. The third-order valence-corrected chi connectivity index (χ3v) is 11.4. The lowest BCUT2D eigenvalue weighted by atomic mass is 9.38. The summed E-state index contributed by atoms with van der Waals surface area (Å²) >= 11 is 0. The molecule has 10 atom stereocenters. The molecule has 0 radical (unpaired) electrons. The molecule has 5 aliphatic rings. The number of aliphatic hydroxyl groups excluding tert-OH is 1. The molecule has 31 heavy (non-hydrogen) atoms. The first-order chi connectivity index (χ1) is 14.5. The largest absolute Gasteiger partial charge is 0.481 e. The zero-order chi connectivity index (χ0) is 22.3. The molecule has 4 nitrogen and oxygen atoms in total. The van der Waals surface area contributed by atoms with Gasteiger partial charge in [-0.3, -0.25) is 9.59 Å². The lowest BCUT2D eigenvalue weighted by Gasteiger charge is -2.65. The molecule has 4 saturated carbocycles. The highest BCUT2D eigenvalue weighted by Crippen LogP contribution is 2.69. The maximum Gasteiger partial charge on any atom is 0.306 e. The topological polar surface area (TPSA) is 74.6 Å². The minimum absolute atomic E-state index is 0.0330. The number of hydrogen-bond donors (Lipinski definition) is 2. The number of aliphatic hydroxyl groups is 1. The molecule has 0 aromatic rings. The minimum Gasteiger partial charge on any atom is -0.481 e. The van der Waals surface area contributed by atoms with E-state index in [0.717, 1.165) is 51.4 Å². The third-order valence-electron chi connectivity index (χ3n) is 11.4. The van der Waals surface area contributed by atoms with Gasteiger partial charge in [-0.05, 0) is 104 Å². The van der Waals surface area contributed by atoms with Crippen molar-refractivity contribution in [1.29, 1.82) is 0 Å². The summed E-state index contributed by atoms with van der Waals surface area (Å²) in [4.78, 5) is 25.7. The number of allylic oxidation sites excluding steroid dienone is 2. The van der Waals surface area contributed by atoms with Gasteiger partial charge in [0.1, 0.15) is 0 Å². The van der Waals surface area contributed by atoms with Crippen molar-refractivity contribution in [3.05, 3.63) is 11.6 Å². The number of carboxylic acids is 1. The van der Waals surface area contributed by atoms with Crippen LogP contribution in [0.4, 0.5) is 0 Å². The van der Waals surface area contributed by atoms with E-state index in [1.54, 1.807) is 0 Å². The molecule has 5 rings (SSSR count). The van der Waals surface area contributed by atoms with Crippen LogP contribution in [0.1, 0.15) is 85.5 Å². The summed E-state index contributed by atoms with van der Waals surface area (Å²) in [6.45, 7) is 9.25. The Labute approximate surface area is 186 Å². The SMILES string of the molecule is CC1C(O)CC[C@@]2(C)C1CC[C@@]1(C)C3CC[C@@]4(C)CC[C@H](C(=O)O)CC4C3=CC(=O)C12. The first kappa shape index (κ1) is 21.7. The maximum atomic E-state index is 13.9. The molecule has 2 N–H and O–H groups in total. The molecule has 6 unspecified atom stereocenters. The average Bonchev–Trinajstić information content (AvgIpc) is 2.69. The fourth-order valence-corrected chi connectivity index (χ4v) is 9.59. The van der Waals surface area contributed by atoms with Gasteiger partial charge in [0.05, 0.1) is 12.0 Å². The molecular formula is C27H40O4. The Balaban J connectivity index is 1.55. The average molecular weight is 429 g/mol. The molecule has 0 heterocycles. The lowest BCUT2D eigenvalue weighted by molar-refractivity contribution is -0.169. The Bertz CT molecular complexity index is 831. The van der Waals surface area contributed by atoms with E-state index >= 15 is 0 Å². The number of fused-ring (bicyclic) bond motifs is 7. The van der Waals surface area contributed by atoms with Gasteiger partial charge in [-0.25, -0.2) is 0 Å². The van der Waals surface area contributed by atoms with Gasteiger partial charge in [0.15, 0.2) is 5.78 Å². The number of rotatable bonds is 1. The van der Waals surface area contributed by atoms with Crippen molar-refractivity contribution in [3.8, 4) is 0 Å². The third kappa shape index (κ3) is 2.89. The first-order valence-corrected chi connectivity index (χ1v) is 12.7. The normalized spacial score (nSPS) is 54.0. The minimum atomic E-state index is -0.668. The van der Waals surface area contributed by atoms with Gasteiger partial charge in [-0.15, -0.1) is 0 Å². The van der Waals surface area contributed by atoms with E-state index in [1.807, 2.05) is 6.08 Å². The van der Waals surface area contributed by atoms with E-state index in [1.165, 1.54) is 5.57 Å². The summed E-state index contributed by atoms with van der Waals surface area (Å²) in [7, 11) is 0. The van der Waals surface area contributed by atoms with E-state index in [0.29, 0.717) is 24.0 Å². The smallest absolute Gasteiger partial charge is 0.306 e. The molecule has 0 aliphatic heterocycles. The molecule has 0 bridgehead atoms. The molecule has 0 aromatic heterocycles. The Hall–Kier alpha value is -1.16. The van der Waals surface area contributed by atoms with Crippen LogP contribution in [0.25, 0.3) is 0 Å². The standard InChI is InChI=1S/C27H40O4/c1-15-18-7-11-27(4)19-6-10-25(2)9-5-16(24(30)31)13-20(25)17(19)14-22(29)23(27)26(18,3)12-8-21(15)28/h14-16,18-21,23,28H,5-13H2,1-4H3,(H,30,31)/t15?,16-,18?,19?,20?,21?,23?,25+,26-,27-/m0/s1. The van der Waals surface area contributed by atoms with Crippen molar-refractivity contribution < 1.29 is 19.8 Å². The Morgan fingerprint density at radius 2 is 1.65 bits per heavy atom. The van der Waals surface area contributed by atoms with Crippen LogP contribution in [0, 0.1) is 51.8 Å². The van der Waals surface area contributed by atoms with Crippen molar-refractivity contribution in [3.63, 3.8) is 0 Å². The van der Waals surface area contributed by atoms with Crippen molar-refractivity contribution >= 4 is 11.8 Å². The van der Waals surface area contributed by atoms with Gasteiger partial charge in [0, 0.05) is 5.92 Å². The van der Waals surface area contributed by atoms with E-state index in [9.17, 15) is 19.8 Å².